The van der Waals surface area contributed by atoms with Crippen molar-refractivity contribution in [1.82, 2.24) is 5.32 Å². The second-order valence-electron chi connectivity index (χ2n) is 7.49. The fraction of sp³-hybridized carbons (Fsp3) is 0.261. The summed E-state index contributed by atoms with van der Waals surface area (Å²) in [5.74, 6) is -1.33. The molecule has 0 unspecified atom stereocenters. The van der Waals surface area contributed by atoms with Crippen LogP contribution in [0.1, 0.15) is 16.7 Å². The zero-order chi connectivity index (χ0) is 21.3. The lowest BCUT2D eigenvalue weighted by Gasteiger charge is -2.29. The predicted molar refractivity (Wildman–Crippen MR) is 114 cm³/mol. The van der Waals surface area contributed by atoms with E-state index in [1.807, 2.05) is 44.2 Å². The van der Waals surface area contributed by atoms with Gasteiger partial charge in [0, 0.05) is 18.8 Å². The van der Waals surface area contributed by atoms with E-state index in [9.17, 15) is 14.4 Å². The van der Waals surface area contributed by atoms with Gasteiger partial charge in [-0.05, 0) is 60.9 Å². The van der Waals surface area contributed by atoms with Crippen molar-refractivity contribution in [2.75, 3.05) is 36.1 Å². The molecule has 7 nitrogen and oxygen atoms in total. The maximum atomic E-state index is 13.0. The number of hydrogen-bond acceptors (Lipinski definition) is 5. The molecule has 2 aromatic carbocycles. The summed E-state index contributed by atoms with van der Waals surface area (Å²) < 4.78 is 5.37. The van der Waals surface area contributed by atoms with Gasteiger partial charge in [-0.1, -0.05) is 18.2 Å². The maximum Gasteiger partial charge on any atom is 0.335 e. The van der Waals surface area contributed by atoms with E-state index in [0.717, 1.165) is 34.8 Å². The molecule has 0 atom stereocenters. The quantitative estimate of drug-likeness (QED) is 0.628. The Balaban J connectivity index is 1.62. The second kappa shape index (κ2) is 8.12. The molecular formula is C23H23N3O4. The van der Waals surface area contributed by atoms with Gasteiger partial charge >= 0.3 is 6.03 Å². The lowest BCUT2D eigenvalue weighted by Crippen LogP contribution is -2.54. The van der Waals surface area contributed by atoms with Crippen LogP contribution in [0.5, 0.6) is 0 Å². The molecule has 0 spiro atoms. The summed E-state index contributed by atoms with van der Waals surface area (Å²) in [7, 11) is 0. The minimum Gasteiger partial charge on any atom is -0.378 e. The number of rotatable bonds is 3. The first-order valence-electron chi connectivity index (χ1n) is 9.85. The van der Waals surface area contributed by atoms with Crippen molar-refractivity contribution in [3.63, 3.8) is 0 Å². The van der Waals surface area contributed by atoms with E-state index in [0.29, 0.717) is 24.5 Å². The summed E-state index contributed by atoms with van der Waals surface area (Å²) in [6, 6.07) is 12.3. The highest BCUT2D eigenvalue weighted by molar-refractivity contribution is 6.39. The van der Waals surface area contributed by atoms with Crippen molar-refractivity contribution in [3.05, 3.63) is 64.7 Å². The first kappa shape index (κ1) is 19.8. The fourth-order valence-corrected chi connectivity index (χ4v) is 3.74. The number of ether oxygens (including phenoxy) is 1. The Labute approximate surface area is 174 Å². The predicted octanol–water partition coefficient (Wildman–Crippen LogP) is 2.81. The van der Waals surface area contributed by atoms with Gasteiger partial charge in [0.25, 0.3) is 11.8 Å². The molecule has 2 aromatic rings. The standard InChI is InChI=1S/C23H23N3O4/c1-15-11-16(2)13-19(12-15)26-22(28)20(21(27)24-23(26)29)14-17-3-5-18(6-4-17)25-7-9-30-10-8-25/h3-6,11-14H,7-10H2,1-2H3,(H,24,27,29)/b20-14+. The molecule has 0 bridgehead atoms. The van der Waals surface area contributed by atoms with Crippen LogP contribution >= 0.6 is 0 Å². The normalized spacial score (nSPS) is 18.7. The van der Waals surface area contributed by atoms with E-state index in [4.69, 9.17) is 4.74 Å². The van der Waals surface area contributed by atoms with E-state index < -0.39 is 17.8 Å². The number of hydrogen-bond donors (Lipinski definition) is 1. The number of carbonyl (C=O) groups excluding carboxylic acids is 3. The van der Waals surface area contributed by atoms with Crippen LogP contribution in [0.3, 0.4) is 0 Å². The summed E-state index contributed by atoms with van der Waals surface area (Å²) in [4.78, 5) is 41.0. The lowest BCUT2D eigenvalue weighted by atomic mass is 10.0. The topological polar surface area (TPSA) is 79.0 Å². The van der Waals surface area contributed by atoms with Crippen LogP contribution in [0.2, 0.25) is 0 Å². The van der Waals surface area contributed by atoms with Crippen LogP contribution < -0.4 is 15.1 Å². The van der Waals surface area contributed by atoms with Crippen LogP contribution in [0.15, 0.2) is 48.0 Å². The van der Waals surface area contributed by atoms with Crippen molar-refractivity contribution >= 4 is 35.3 Å². The number of aryl methyl sites for hydroxylation is 2. The largest absolute Gasteiger partial charge is 0.378 e. The Kier molecular flexibility index (Phi) is 5.37. The number of imide groups is 2. The summed E-state index contributed by atoms with van der Waals surface area (Å²) in [6.45, 7) is 6.83. The monoisotopic (exact) mass is 405 g/mol. The van der Waals surface area contributed by atoms with Crippen molar-refractivity contribution in [2.45, 2.75) is 13.8 Å². The Hall–Kier alpha value is -3.45. The van der Waals surface area contributed by atoms with Crippen molar-refractivity contribution in [1.29, 1.82) is 0 Å². The van der Waals surface area contributed by atoms with Crippen LogP contribution in [0.4, 0.5) is 16.2 Å². The van der Waals surface area contributed by atoms with E-state index in [2.05, 4.69) is 10.2 Å². The number of amides is 4. The van der Waals surface area contributed by atoms with Gasteiger partial charge in [0.2, 0.25) is 0 Å². The SMILES string of the molecule is Cc1cc(C)cc(N2C(=O)NC(=O)/C(=C\c3ccc(N4CCOCC4)cc3)C2=O)c1. The highest BCUT2D eigenvalue weighted by Crippen LogP contribution is 2.25. The molecule has 2 aliphatic rings. The minimum atomic E-state index is -0.741. The molecule has 154 valence electrons. The number of urea groups is 1. The van der Waals surface area contributed by atoms with E-state index in [-0.39, 0.29) is 5.57 Å². The highest BCUT2D eigenvalue weighted by Gasteiger charge is 2.36. The number of benzene rings is 2. The summed E-state index contributed by atoms with van der Waals surface area (Å²) in [5.41, 5.74) is 3.98. The van der Waals surface area contributed by atoms with Crippen molar-refractivity contribution < 1.29 is 19.1 Å². The van der Waals surface area contributed by atoms with E-state index in [1.165, 1.54) is 6.08 Å². The number of carbonyl (C=O) groups is 3. The fourth-order valence-electron chi connectivity index (χ4n) is 3.74. The first-order chi connectivity index (χ1) is 14.4. The Bertz CT molecular complexity index is 1020. The van der Waals surface area contributed by atoms with Crippen LogP contribution in [-0.4, -0.2) is 44.1 Å². The van der Waals surface area contributed by atoms with Gasteiger partial charge in [-0.2, -0.15) is 0 Å². The Morgan fingerprint density at radius 2 is 1.53 bits per heavy atom. The van der Waals surface area contributed by atoms with Gasteiger partial charge in [-0.15, -0.1) is 0 Å². The zero-order valence-corrected chi connectivity index (χ0v) is 17.0. The van der Waals surface area contributed by atoms with Crippen molar-refractivity contribution in [3.8, 4) is 0 Å². The second-order valence-corrected chi connectivity index (χ2v) is 7.49. The molecule has 0 aliphatic carbocycles. The van der Waals surface area contributed by atoms with Gasteiger partial charge < -0.3 is 9.64 Å². The van der Waals surface area contributed by atoms with Crippen LogP contribution in [-0.2, 0) is 14.3 Å². The van der Waals surface area contributed by atoms with E-state index in [1.54, 1.807) is 12.1 Å². The molecule has 2 saturated heterocycles. The molecule has 0 saturated carbocycles. The molecule has 7 heteroatoms. The number of nitrogens with one attached hydrogen (secondary N) is 1. The average molecular weight is 405 g/mol. The molecule has 1 N–H and O–H groups in total. The molecule has 2 heterocycles. The maximum absolute atomic E-state index is 13.0. The van der Waals surface area contributed by atoms with Gasteiger partial charge in [-0.25, -0.2) is 9.69 Å². The average Bonchev–Trinajstić information content (AvgIpc) is 2.71. The van der Waals surface area contributed by atoms with Crippen molar-refractivity contribution in [2.24, 2.45) is 0 Å². The molecule has 4 amide bonds. The molecule has 2 fully saturated rings. The number of morpholine rings is 1. The van der Waals surface area contributed by atoms with Gasteiger partial charge in [-0.3, -0.25) is 14.9 Å². The third kappa shape index (κ3) is 3.97. The Morgan fingerprint density at radius 1 is 0.900 bits per heavy atom. The minimum absolute atomic E-state index is 0.0760. The summed E-state index contributed by atoms with van der Waals surface area (Å²) >= 11 is 0. The van der Waals surface area contributed by atoms with E-state index >= 15 is 0 Å². The van der Waals surface area contributed by atoms with Gasteiger partial charge in [0.1, 0.15) is 5.57 Å². The van der Waals surface area contributed by atoms with Crippen LogP contribution in [0.25, 0.3) is 6.08 Å². The summed E-state index contributed by atoms with van der Waals surface area (Å²) in [6.07, 6.45) is 1.52. The van der Waals surface area contributed by atoms with Gasteiger partial charge in [0.05, 0.1) is 18.9 Å². The smallest absolute Gasteiger partial charge is 0.335 e. The molecule has 0 aromatic heterocycles. The molecule has 4 rings (SSSR count). The van der Waals surface area contributed by atoms with Crippen LogP contribution in [0, 0.1) is 13.8 Å². The number of nitrogens with zero attached hydrogens (tertiary/aromatic N) is 2. The third-order valence-corrected chi connectivity index (χ3v) is 5.15. The molecular weight excluding hydrogens is 382 g/mol. The molecule has 0 radical (unpaired) electrons. The summed E-state index contributed by atoms with van der Waals surface area (Å²) in [5, 5.41) is 2.27. The molecule has 30 heavy (non-hydrogen) atoms. The molecule has 2 aliphatic heterocycles. The highest BCUT2D eigenvalue weighted by atomic mass is 16.5. The number of anilines is 2. The lowest BCUT2D eigenvalue weighted by molar-refractivity contribution is -0.122. The third-order valence-electron chi connectivity index (χ3n) is 5.15. The van der Waals surface area contributed by atoms with Gasteiger partial charge in [0.15, 0.2) is 0 Å². The Morgan fingerprint density at radius 3 is 2.17 bits per heavy atom. The first-order valence-corrected chi connectivity index (χ1v) is 9.85. The zero-order valence-electron chi connectivity index (χ0n) is 17.0. The number of barbiturate groups is 1.